The summed E-state index contributed by atoms with van der Waals surface area (Å²) in [4.78, 5) is 22.7. The second-order valence-corrected chi connectivity index (χ2v) is 5.75. The van der Waals surface area contributed by atoms with Gasteiger partial charge in [0.25, 0.3) is 0 Å². The zero-order valence-corrected chi connectivity index (χ0v) is 13.0. The number of aliphatic carboxylic acids is 1. The third-order valence-electron chi connectivity index (χ3n) is 3.75. The summed E-state index contributed by atoms with van der Waals surface area (Å²) in [7, 11) is 0. The average molecular weight is 286 g/mol. The van der Waals surface area contributed by atoms with Gasteiger partial charge in [0.1, 0.15) is 0 Å². The third-order valence-corrected chi connectivity index (χ3v) is 3.75. The van der Waals surface area contributed by atoms with E-state index >= 15 is 0 Å². The predicted molar refractivity (Wildman–Crippen MR) is 80.3 cm³/mol. The molecule has 5 nitrogen and oxygen atoms in total. The smallest absolute Gasteiger partial charge is 0.308 e. The van der Waals surface area contributed by atoms with Gasteiger partial charge in [-0.25, -0.2) is 0 Å². The van der Waals surface area contributed by atoms with Crippen molar-refractivity contribution in [1.29, 1.82) is 0 Å². The summed E-state index contributed by atoms with van der Waals surface area (Å²) in [5, 5.41) is 11.7. The Labute approximate surface area is 122 Å². The van der Waals surface area contributed by atoms with Crippen LogP contribution >= 0.6 is 0 Å². The van der Waals surface area contributed by atoms with Crippen LogP contribution in [0.15, 0.2) is 0 Å². The van der Waals surface area contributed by atoms with E-state index in [1.807, 2.05) is 6.92 Å². The molecule has 0 spiro atoms. The quantitative estimate of drug-likeness (QED) is 0.541. The van der Waals surface area contributed by atoms with Crippen LogP contribution in [0.1, 0.15) is 52.9 Å². The van der Waals surface area contributed by atoms with E-state index in [2.05, 4.69) is 19.2 Å². The van der Waals surface area contributed by atoms with Crippen molar-refractivity contribution in [2.75, 3.05) is 13.1 Å². The lowest BCUT2D eigenvalue weighted by Crippen LogP contribution is -2.33. The Morgan fingerprint density at radius 2 is 1.85 bits per heavy atom. The van der Waals surface area contributed by atoms with E-state index in [1.165, 1.54) is 0 Å². The molecule has 2 atom stereocenters. The average Bonchev–Trinajstić information content (AvgIpc) is 2.38. The standard InChI is InChI=1S/C15H30N2O3/c1-4-5-13(15(19)20)10-17-14(18)7-6-12(8-9-16)11(2)3/h11-13H,4-10,16H2,1-3H3,(H,17,18)(H,19,20). The molecule has 118 valence electrons. The maximum atomic E-state index is 11.8. The van der Waals surface area contributed by atoms with Crippen molar-refractivity contribution in [2.45, 2.75) is 52.9 Å². The normalized spacial score (nSPS) is 14.1. The molecule has 0 aromatic carbocycles. The largest absolute Gasteiger partial charge is 0.481 e. The lowest BCUT2D eigenvalue weighted by atomic mass is 9.88. The molecule has 1 amide bonds. The number of hydrogen-bond acceptors (Lipinski definition) is 3. The molecule has 0 saturated carbocycles. The molecule has 0 heterocycles. The van der Waals surface area contributed by atoms with Gasteiger partial charge in [-0.3, -0.25) is 9.59 Å². The van der Waals surface area contributed by atoms with E-state index in [1.54, 1.807) is 0 Å². The minimum Gasteiger partial charge on any atom is -0.481 e. The van der Waals surface area contributed by atoms with Crippen LogP contribution in [0.2, 0.25) is 0 Å². The molecule has 4 N–H and O–H groups in total. The topological polar surface area (TPSA) is 92.4 Å². The molecular formula is C15H30N2O3. The SMILES string of the molecule is CCCC(CNC(=O)CCC(CCN)C(C)C)C(=O)O. The Balaban J connectivity index is 4.06. The van der Waals surface area contributed by atoms with Gasteiger partial charge in [-0.1, -0.05) is 27.2 Å². The lowest BCUT2D eigenvalue weighted by molar-refractivity contribution is -0.141. The van der Waals surface area contributed by atoms with Crippen LogP contribution in [-0.4, -0.2) is 30.1 Å². The van der Waals surface area contributed by atoms with Crippen LogP contribution in [0.5, 0.6) is 0 Å². The molecule has 0 aromatic rings. The number of nitrogens with two attached hydrogens (primary N) is 1. The highest BCUT2D eigenvalue weighted by molar-refractivity contribution is 5.77. The highest BCUT2D eigenvalue weighted by Gasteiger charge is 2.18. The monoisotopic (exact) mass is 286 g/mol. The molecule has 0 saturated heterocycles. The number of hydrogen-bond donors (Lipinski definition) is 3. The van der Waals surface area contributed by atoms with Crippen LogP contribution in [0, 0.1) is 17.8 Å². The van der Waals surface area contributed by atoms with Gasteiger partial charge in [-0.2, -0.15) is 0 Å². The molecule has 5 heteroatoms. The Bertz CT molecular complexity index is 293. The summed E-state index contributed by atoms with van der Waals surface area (Å²) in [6.07, 6.45) is 3.59. The molecule has 0 radical (unpaired) electrons. The van der Waals surface area contributed by atoms with Crippen LogP contribution < -0.4 is 11.1 Å². The molecule has 0 aliphatic rings. The van der Waals surface area contributed by atoms with Crippen LogP contribution in [0.25, 0.3) is 0 Å². The number of carboxylic acids is 1. The molecule has 0 aromatic heterocycles. The minimum atomic E-state index is -0.838. The molecule has 2 unspecified atom stereocenters. The van der Waals surface area contributed by atoms with Crippen molar-refractivity contribution in [3.05, 3.63) is 0 Å². The number of carbonyl (C=O) groups excluding carboxylic acids is 1. The van der Waals surface area contributed by atoms with Crippen molar-refractivity contribution < 1.29 is 14.7 Å². The van der Waals surface area contributed by atoms with E-state index in [4.69, 9.17) is 10.8 Å². The van der Waals surface area contributed by atoms with Gasteiger partial charge in [-0.05, 0) is 37.6 Å². The first kappa shape index (κ1) is 18.9. The Kier molecular flexibility index (Phi) is 10.1. The van der Waals surface area contributed by atoms with Crippen LogP contribution in [0.3, 0.4) is 0 Å². The summed E-state index contributed by atoms with van der Waals surface area (Å²) < 4.78 is 0. The maximum absolute atomic E-state index is 11.8. The summed E-state index contributed by atoms with van der Waals surface area (Å²) in [5.41, 5.74) is 5.57. The first-order valence-electron chi connectivity index (χ1n) is 7.61. The predicted octanol–water partition coefficient (Wildman–Crippen LogP) is 2.00. The number of rotatable bonds is 11. The Morgan fingerprint density at radius 3 is 2.30 bits per heavy atom. The molecule has 0 rings (SSSR count). The van der Waals surface area contributed by atoms with E-state index in [0.717, 1.165) is 19.3 Å². The van der Waals surface area contributed by atoms with E-state index in [9.17, 15) is 9.59 Å². The second-order valence-electron chi connectivity index (χ2n) is 5.75. The van der Waals surface area contributed by atoms with Gasteiger partial charge in [0, 0.05) is 13.0 Å². The van der Waals surface area contributed by atoms with Gasteiger partial charge in [0.05, 0.1) is 5.92 Å². The van der Waals surface area contributed by atoms with Crippen molar-refractivity contribution in [3.63, 3.8) is 0 Å². The van der Waals surface area contributed by atoms with Gasteiger partial charge < -0.3 is 16.2 Å². The molecule has 20 heavy (non-hydrogen) atoms. The van der Waals surface area contributed by atoms with E-state index in [0.29, 0.717) is 31.2 Å². The molecule has 0 aliphatic heterocycles. The van der Waals surface area contributed by atoms with Crippen LogP contribution in [0.4, 0.5) is 0 Å². The van der Waals surface area contributed by atoms with Crippen molar-refractivity contribution in [3.8, 4) is 0 Å². The third kappa shape index (κ3) is 8.15. The van der Waals surface area contributed by atoms with Crippen molar-refractivity contribution in [2.24, 2.45) is 23.5 Å². The number of amides is 1. The van der Waals surface area contributed by atoms with Crippen molar-refractivity contribution >= 4 is 11.9 Å². The fourth-order valence-electron chi connectivity index (χ4n) is 2.33. The number of nitrogens with one attached hydrogen (secondary N) is 1. The fourth-order valence-corrected chi connectivity index (χ4v) is 2.33. The van der Waals surface area contributed by atoms with Gasteiger partial charge >= 0.3 is 5.97 Å². The maximum Gasteiger partial charge on any atom is 0.308 e. The van der Waals surface area contributed by atoms with Gasteiger partial charge in [-0.15, -0.1) is 0 Å². The van der Waals surface area contributed by atoms with E-state index in [-0.39, 0.29) is 12.5 Å². The Hall–Kier alpha value is -1.10. The van der Waals surface area contributed by atoms with Gasteiger partial charge in [0.15, 0.2) is 0 Å². The molecular weight excluding hydrogens is 256 g/mol. The summed E-state index contributed by atoms with van der Waals surface area (Å²) in [5.74, 6) is -0.408. The summed E-state index contributed by atoms with van der Waals surface area (Å²) in [6.45, 7) is 7.09. The fraction of sp³-hybridized carbons (Fsp3) is 0.867. The highest BCUT2D eigenvalue weighted by Crippen LogP contribution is 2.20. The zero-order valence-electron chi connectivity index (χ0n) is 13.0. The number of carbonyl (C=O) groups is 2. The molecule has 0 fully saturated rings. The van der Waals surface area contributed by atoms with Crippen molar-refractivity contribution in [1.82, 2.24) is 5.32 Å². The molecule has 0 bridgehead atoms. The summed E-state index contributed by atoms with van der Waals surface area (Å²) in [6, 6.07) is 0. The highest BCUT2D eigenvalue weighted by atomic mass is 16.4. The first-order chi connectivity index (χ1) is 9.42. The second kappa shape index (κ2) is 10.7. The van der Waals surface area contributed by atoms with Crippen LogP contribution in [-0.2, 0) is 9.59 Å². The number of carboxylic acid groups (broad SMARTS) is 1. The minimum absolute atomic E-state index is 0.0602. The van der Waals surface area contributed by atoms with E-state index < -0.39 is 11.9 Å². The Morgan fingerprint density at radius 1 is 1.20 bits per heavy atom. The lowest BCUT2D eigenvalue weighted by Gasteiger charge is -2.20. The summed E-state index contributed by atoms with van der Waals surface area (Å²) >= 11 is 0. The van der Waals surface area contributed by atoms with Gasteiger partial charge in [0.2, 0.25) is 5.91 Å². The first-order valence-corrected chi connectivity index (χ1v) is 7.61. The molecule has 0 aliphatic carbocycles. The zero-order chi connectivity index (χ0) is 15.5.